The van der Waals surface area contributed by atoms with Gasteiger partial charge in [-0.25, -0.2) is 4.79 Å². The molecule has 2 N–H and O–H groups in total. The summed E-state index contributed by atoms with van der Waals surface area (Å²) in [5.41, 5.74) is 0.0597. The maximum absolute atomic E-state index is 13.1. The highest BCUT2D eigenvalue weighted by molar-refractivity contribution is 5.79. The smallest absolute Gasteiger partial charge is 0.377 e. The van der Waals surface area contributed by atoms with Gasteiger partial charge < -0.3 is 15.2 Å². The molecule has 20 heavy (non-hydrogen) atoms. The van der Waals surface area contributed by atoms with Crippen molar-refractivity contribution in [3.05, 3.63) is 35.9 Å². The molecule has 1 fully saturated rings. The van der Waals surface area contributed by atoms with Crippen LogP contribution in [0.5, 0.6) is 0 Å². The fourth-order valence-electron chi connectivity index (χ4n) is 2.16. The van der Waals surface area contributed by atoms with Crippen LogP contribution >= 0.6 is 0 Å². The molecule has 0 radical (unpaired) electrons. The molecule has 1 aromatic carbocycles. The summed E-state index contributed by atoms with van der Waals surface area (Å²) in [4.78, 5) is 10.9. The van der Waals surface area contributed by atoms with E-state index >= 15 is 0 Å². The van der Waals surface area contributed by atoms with Gasteiger partial charge in [-0.05, 0) is 12.5 Å². The van der Waals surface area contributed by atoms with Crippen molar-refractivity contribution in [3.63, 3.8) is 0 Å². The van der Waals surface area contributed by atoms with E-state index in [1.165, 1.54) is 0 Å². The summed E-state index contributed by atoms with van der Waals surface area (Å²) in [6.07, 6.45) is -1.51. The van der Waals surface area contributed by atoms with E-state index in [2.05, 4.69) is 10.1 Å². The number of aliphatic hydroxyl groups excluding tert-OH is 1. The molecule has 0 saturated carbocycles. The maximum Gasteiger partial charge on any atom is 0.377 e. The van der Waals surface area contributed by atoms with Crippen LogP contribution in [0.15, 0.2) is 30.3 Å². The number of ether oxygens (including phenoxy) is 1. The topological polar surface area (TPSA) is 58.6 Å². The van der Waals surface area contributed by atoms with Gasteiger partial charge in [0.25, 0.3) is 0 Å². The summed E-state index contributed by atoms with van der Waals surface area (Å²) in [7, 11) is 0. The first kappa shape index (κ1) is 14.9. The van der Waals surface area contributed by atoms with Crippen LogP contribution in [0.1, 0.15) is 18.9 Å². The molecule has 2 rings (SSSR count). The lowest BCUT2D eigenvalue weighted by atomic mass is 9.92. The van der Waals surface area contributed by atoms with Crippen molar-refractivity contribution in [2.45, 2.75) is 30.9 Å². The van der Waals surface area contributed by atoms with E-state index < -0.39 is 30.0 Å². The van der Waals surface area contributed by atoms with E-state index in [4.69, 9.17) is 0 Å². The average molecular weight is 285 g/mol. The van der Waals surface area contributed by atoms with Crippen LogP contribution in [0.3, 0.4) is 0 Å². The van der Waals surface area contributed by atoms with Crippen LogP contribution < -0.4 is 5.32 Å². The van der Waals surface area contributed by atoms with Crippen LogP contribution in [0.25, 0.3) is 0 Å². The molecule has 0 bridgehead atoms. The van der Waals surface area contributed by atoms with E-state index in [1.807, 2.05) is 30.3 Å². The highest BCUT2D eigenvalue weighted by Crippen LogP contribution is 2.31. The van der Waals surface area contributed by atoms with Gasteiger partial charge in [-0.3, -0.25) is 0 Å². The molecule has 4 nitrogen and oxygen atoms in total. The number of esters is 1. The molecule has 0 aromatic heterocycles. The molecule has 1 aliphatic rings. The Kier molecular flexibility index (Phi) is 4.06. The zero-order chi connectivity index (χ0) is 14.8. The molecule has 0 aliphatic carbocycles. The number of nitrogens with one attached hydrogen (secondary N) is 1. The van der Waals surface area contributed by atoms with Gasteiger partial charge in [-0.15, -0.1) is 0 Å². The van der Waals surface area contributed by atoms with Gasteiger partial charge >= 0.3 is 11.9 Å². The summed E-state index contributed by atoms with van der Waals surface area (Å²) in [6, 6.07) is 9.17. The summed E-state index contributed by atoms with van der Waals surface area (Å²) in [6.45, 7) is 1.62. The largest absolute Gasteiger partial charge is 0.456 e. The minimum atomic E-state index is -3.41. The molecule has 2 atom stereocenters. The second-order valence-corrected chi connectivity index (χ2v) is 5.17. The Bertz CT molecular complexity index is 481. The molecule has 0 spiro atoms. The van der Waals surface area contributed by atoms with E-state index in [0.29, 0.717) is 0 Å². The zero-order valence-corrected chi connectivity index (χ0v) is 11.1. The Hall–Kier alpha value is -1.53. The highest BCUT2D eigenvalue weighted by Gasteiger charge is 2.50. The molecule has 1 aromatic rings. The number of alkyl halides is 2. The molecule has 0 amide bonds. The highest BCUT2D eigenvalue weighted by atomic mass is 19.3. The average Bonchev–Trinajstić information content (AvgIpc) is 2.70. The van der Waals surface area contributed by atoms with E-state index in [9.17, 15) is 18.7 Å². The monoisotopic (exact) mass is 285 g/mol. The molecule has 6 heteroatoms. The Morgan fingerprint density at radius 3 is 2.60 bits per heavy atom. The Morgan fingerprint density at radius 1 is 1.45 bits per heavy atom. The lowest BCUT2D eigenvalue weighted by Gasteiger charge is -2.30. The first-order chi connectivity index (χ1) is 9.37. The molecule has 1 aliphatic heterocycles. The van der Waals surface area contributed by atoms with Crippen LogP contribution in [-0.2, 0) is 15.1 Å². The maximum atomic E-state index is 13.1. The van der Waals surface area contributed by atoms with Crippen LogP contribution in [0, 0.1) is 0 Å². The minimum Gasteiger partial charge on any atom is -0.456 e. The molecule has 1 saturated heterocycles. The van der Waals surface area contributed by atoms with Gasteiger partial charge in [0, 0.05) is 6.54 Å². The summed E-state index contributed by atoms with van der Waals surface area (Å²) in [5.74, 6) is -4.89. The number of cyclic esters (lactones) is 1. The first-order valence-corrected chi connectivity index (χ1v) is 6.38. The van der Waals surface area contributed by atoms with E-state index in [-0.39, 0.29) is 13.2 Å². The van der Waals surface area contributed by atoms with Crippen molar-refractivity contribution in [3.8, 4) is 0 Å². The molecular formula is C14H17F2NO3. The van der Waals surface area contributed by atoms with Gasteiger partial charge in [0.1, 0.15) is 6.10 Å². The SMILES string of the molecule is CC(CO)(NCC1CC(F)(F)C(=O)O1)c1ccccc1. The van der Waals surface area contributed by atoms with Gasteiger partial charge in [0.2, 0.25) is 0 Å². The third-order valence-electron chi connectivity index (χ3n) is 3.50. The number of carbonyl (C=O) groups is 1. The second-order valence-electron chi connectivity index (χ2n) is 5.17. The van der Waals surface area contributed by atoms with E-state index in [1.54, 1.807) is 6.92 Å². The van der Waals surface area contributed by atoms with Crippen LogP contribution in [0.2, 0.25) is 0 Å². The van der Waals surface area contributed by atoms with Crippen molar-refractivity contribution >= 4 is 5.97 Å². The lowest BCUT2D eigenvalue weighted by Crippen LogP contribution is -2.46. The number of aliphatic hydroxyl groups is 1. The van der Waals surface area contributed by atoms with Crippen molar-refractivity contribution in [2.24, 2.45) is 0 Å². The fraction of sp³-hybridized carbons (Fsp3) is 0.500. The number of rotatable bonds is 5. The molecular weight excluding hydrogens is 268 g/mol. The summed E-state index contributed by atoms with van der Waals surface area (Å²) in [5, 5.41) is 12.6. The normalized spacial score (nSPS) is 24.2. The van der Waals surface area contributed by atoms with E-state index in [0.717, 1.165) is 5.56 Å². The number of benzene rings is 1. The lowest BCUT2D eigenvalue weighted by molar-refractivity contribution is -0.159. The number of carbonyl (C=O) groups excluding carboxylic acids is 1. The quantitative estimate of drug-likeness (QED) is 0.804. The van der Waals surface area contributed by atoms with Crippen LogP contribution in [-0.4, -0.2) is 36.3 Å². The predicted octanol–water partition coefficient (Wildman–Crippen LogP) is 1.43. The fourth-order valence-corrected chi connectivity index (χ4v) is 2.16. The first-order valence-electron chi connectivity index (χ1n) is 6.38. The van der Waals surface area contributed by atoms with Crippen LogP contribution in [0.4, 0.5) is 8.78 Å². The zero-order valence-electron chi connectivity index (χ0n) is 11.1. The third kappa shape index (κ3) is 2.96. The number of hydrogen-bond donors (Lipinski definition) is 2. The Labute approximate surface area is 115 Å². The van der Waals surface area contributed by atoms with Crippen molar-refractivity contribution in [2.75, 3.05) is 13.2 Å². The van der Waals surface area contributed by atoms with Crippen molar-refractivity contribution < 1.29 is 23.4 Å². The Morgan fingerprint density at radius 2 is 2.10 bits per heavy atom. The molecule has 2 unspecified atom stereocenters. The van der Waals surface area contributed by atoms with Crippen molar-refractivity contribution in [1.29, 1.82) is 0 Å². The Balaban J connectivity index is 2.00. The van der Waals surface area contributed by atoms with Gasteiger partial charge in [0.15, 0.2) is 0 Å². The molecule has 110 valence electrons. The summed E-state index contributed by atoms with van der Waals surface area (Å²) >= 11 is 0. The summed E-state index contributed by atoms with van der Waals surface area (Å²) < 4.78 is 30.7. The predicted molar refractivity (Wildman–Crippen MR) is 68.3 cm³/mol. The minimum absolute atomic E-state index is 0.0628. The van der Waals surface area contributed by atoms with Gasteiger partial charge in [-0.1, -0.05) is 30.3 Å². The number of halogens is 2. The molecule has 1 heterocycles. The van der Waals surface area contributed by atoms with Gasteiger partial charge in [0.05, 0.1) is 18.6 Å². The van der Waals surface area contributed by atoms with Gasteiger partial charge in [-0.2, -0.15) is 8.78 Å². The second kappa shape index (κ2) is 5.46. The van der Waals surface area contributed by atoms with Crippen molar-refractivity contribution in [1.82, 2.24) is 5.32 Å². The standard InChI is InChI=1S/C14H17F2NO3/c1-13(9-18,10-5-3-2-4-6-10)17-8-11-7-14(15,16)12(19)20-11/h2-6,11,17-18H,7-9H2,1H3. The third-order valence-corrected chi connectivity index (χ3v) is 3.50. The number of hydrogen-bond acceptors (Lipinski definition) is 4.